The number of benzene rings is 1. The van der Waals surface area contributed by atoms with Gasteiger partial charge in [0, 0.05) is 22.6 Å². The summed E-state index contributed by atoms with van der Waals surface area (Å²) in [7, 11) is 0. The Kier molecular flexibility index (Phi) is 3.43. The summed E-state index contributed by atoms with van der Waals surface area (Å²) in [6.07, 6.45) is 3.49. The van der Waals surface area contributed by atoms with Crippen LogP contribution in [0.25, 0.3) is 0 Å². The van der Waals surface area contributed by atoms with Crippen molar-refractivity contribution < 1.29 is 4.39 Å². The van der Waals surface area contributed by atoms with Crippen molar-refractivity contribution in [1.29, 1.82) is 0 Å². The Labute approximate surface area is 99.4 Å². The van der Waals surface area contributed by atoms with Crippen molar-refractivity contribution in [1.82, 2.24) is 9.97 Å². The molecule has 0 aliphatic rings. The summed E-state index contributed by atoms with van der Waals surface area (Å²) in [6.45, 7) is 0. The lowest BCUT2D eigenvalue weighted by molar-refractivity contribution is 0.626. The average molecular weight is 287 g/mol. The highest BCUT2D eigenvalue weighted by Crippen LogP contribution is 2.25. The smallest absolute Gasteiger partial charge is 0.165 e. The fourth-order valence-corrected chi connectivity index (χ4v) is 2.62. The molecule has 1 aromatic heterocycles. The average Bonchev–Trinajstić information content (AvgIpc) is 2.69. The van der Waals surface area contributed by atoms with Crippen molar-refractivity contribution in [3.8, 4) is 0 Å². The first-order chi connectivity index (χ1) is 7.25. The fourth-order valence-electron chi connectivity index (χ4n) is 1.11. The van der Waals surface area contributed by atoms with Crippen LogP contribution in [0.5, 0.6) is 0 Å². The van der Waals surface area contributed by atoms with Gasteiger partial charge in [0.05, 0.1) is 0 Å². The van der Waals surface area contributed by atoms with Gasteiger partial charge in [-0.2, -0.15) is 0 Å². The van der Waals surface area contributed by atoms with Gasteiger partial charge >= 0.3 is 0 Å². The molecule has 0 atom stereocenters. The summed E-state index contributed by atoms with van der Waals surface area (Å²) in [5.74, 6) is 0.530. The topological polar surface area (TPSA) is 28.7 Å². The van der Waals surface area contributed by atoms with Crippen molar-refractivity contribution in [2.75, 3.05) is 0 Å². The van der Waals surface area contributed by atoms with Gasteiger partial charge in [-0.15, -0.1) is 0 Å². The van der Waals surface area contributed by atoms with Gasteiger partial charge in [-0.05, 0) is 17.7 Å². The summed E-state index contributed by atoms with van der Waals surface area (Å²) in [5.41, 5.74) is 1.05. The number of nitrogens with one attached hydrogen (secondary N) is 1. The van der Waals surface area contributed by atoms with Crippen molar-refractivity contribution in [3.05, 3.63) is 46.4 Å². The summed E-state index contributed by atoms with van der Waals surface area (Å²) in [6, 6.07) is 4.70. The lowest BCUT2D eigenvalue weighted by Gasteiger charge is -2.02. The first-order valence-corrected chi connectivity index (χ1v) is 6.09. The third kappa shape index (κ3) is 2.82. The Morgan fingerprint density at radius 2 is 2.33 bits per heavy atom. The zero-order valence-corrected chi connectivity index (χ0v) is 10.1. The van der Waals surface area contributed by atoms with Crippen LogP contribution in [0.1, 0.15) is 5.56 Å². The molecule has 0 radical (unpaired) electrons. The molecule has 0 aliphatic heterocycles. The minimum atomic E-state index is -0.228. The SMILES string of the molecule is Fc1ccc(CSc2ncc[nH]2)c(Br)c1. The van der Waals surface area contributed by atoms with Crippen LogP contribution < -0.4 is 0 Å². The van der Waals surface area contributed by atoms with E-state index < -0.39 is 0 Å². The minimum absolute atomic E-state index is 0.228. The van der Waals surface area contributed by atoms with Crippen LogP contribution in [0.3, 0.4) is 0 Å². The quantitative estimate of drug-likeness (QED) is 0.874. The van der Waals surface area contributed by atoms with Crippen molar-refractivity contribution in [2.45, 2.75) is 10.9 Å². The van der Waals surface area contributed by atoms with E-state index in [4.69, 9.17) is 0 Å². The number of hydrogen-bond donors (Lipinski definition) is 1. The van der Waals surface area contributed by atoms with Crippen LogP contribution in [-0.2, 0) is 5.75 Å². The van der Waals surface area contributed by atoms with E-state index in [9.17, 15) is 4.39 Å². The van der Waals surface area contributed by atoms with E-state index in [1.54, 1.807) is 30.2 Å². The molecular formula is C10H8BrFN2S. The molecule has 78 valence electrons. The van der Waals surface area contributed by atoms with Gasteiger partial charge in [-0.3, -0.25) is 0 Å². The van der Waals surface area contributed by atoms with E-state index >= 15 is 0 Å². The number of aromatic amines is 1. The van der Waals surface area contributed by atoms with Crippen LogP contribution in [-0.4, -0.2) is 9.97 Å². The third-order valence-corrected chi connectivity index (χ3v) is 3.54. The molecule has 0 saturated carbocycles. The molecule has 0 amide bonds. The molecule has 0 bridgehead atoms. The van der Waals surface area contributed by atoms with Gasteiger partial charge in [0.1, 0.15) is 5.82 Å². The lowest BCUT2D eigenvalue weighted by Crippen LogP contribution is -1.85. The molecule has 0 aliphatic carbocycles. The summed E-state index contributed by atoms with van der Waals surface area (Å²) >= 11 is 4.91. The number of thioether (sulfide) groups is 1. The van der Waals surface area contributed by atoms with Gasteiger partial charge in [0.25, 0.3) is 0 Å². The first-order valence-electron chi connectivity index (χ1n) is 4.32. The zero-order chi connectivity index (χ0) is 10.7. The maximum Gasteiger partial charge on any atom is 0.165 e. The highest BCUT2D eigenvalue weighted by Gasteiger charge is 2.03. The summed E-state index contributed by atoms with van der Waals surface area (Å²) in [4.78, 5) is 7.10. The fraction of sp³-hybridized carbons (Fsp3) is 0.100. The molecule has 1 N–H and O–H groups in total. The van der Waals surface area contributed by atoms with Crippen molar-refractivity contribution >= 4 is 27.7 Å². The summed E-state index contributed by atoms with van der Waals surface area (Å²) < 4.78 is 13.6. The van der Waals surface area contributed by atoms with Crippen LogP contribution in [0.4, 0.5) is 4.39 Å². The molecule has 0 fully saturated rings. The minimum Gasteiger partial charge on any atom is -0.340 e. The number of nitrogens with zero attached hydrogens (tertiary/aromatic N) is 1. The number of aromatic nitrogens is 2. The van der Waals surface area contributed by atoms with E-state index in [0.717, 1.165) is 20.9 Å². The number of imidazole rings is 1. The number of H-pyrrole nitrogens is 1. The van der Waals surface area contributed by atoms with E-state index in [-0.39, 0.29) is 5.82 Å². The maximum absolute atomic E-state index is 12.8. The zero-order valence-electron chi connectivity index (χ0n) is 7.71. The van der Waals surface area contributed by atoms with E-state index in [0.29, 0.717) is 0 Å². The Balaban J connectivity index is 2.05. The Hall–Kier alpha value is -0.810. The van der Waals surface area contributed by atoms with Crippen LogP contribution in [0, 0.1) is 5.82 Å². The second-order valence-electron chi connectivity index (χ2n) is 2.92. The molecular weight excluding hydrogens is 279 g/mol. The van der Waals surface area contributed by atoms with E-state index in [2.05, 4.69) is 25.9 Å². The molecule has 2 rings (SSSR count). The van der Waals surface area contributed by atoms with Gasteiger partial charge < -0.3 is 4.98 Å². The monoisotopic (exact) mass is 286 g/mol. The highest BCUT2D eigenvalue weighted by atomic mass is 79.9. The number of halogens is 2. The van der Waals surface area contributed by atoms with Gasteiger partial charge in [-0.1, -0.05) is 33.8 Å². The normalized spacial score (nSPS) is 10.5. The third-order valence-electron chi connectivity index (χ3n) is 1.85. The largest absolute Gasteiger partial charge is 0.340 e. The molecule has 0 saturated heterocycles. The molecule has 5 heteroatoms. The van der Waals surface area contributed by atoms with Gasteiger partial charge in [0.2, 0.25) is 0 Å². The van der Waals surface area contributed by atoms with Crippen LogP contribution >= 0.6 is 27.7 Å². The van der Waals surface area contributed by atoms with Gasteiger partial charge in [0.15, 0.2) is 5.16 Å². The Morgan fingerprint density at radius 1 is 1.47 bits per heavy atom. The molecule has 0 unspecified atom stereocenters. The standard InChI is InChI=1S/C10H8BrFN2S/c11-9-5-8(12)2-1-7(9)6-15-10-13-3-4-14-10/h1-5H,6H2,(H,13,14). The maximum atomic E-state index is 12.8. The predicted octanol–water partition coefficient (Wildman–Crippen LogP) is 3.60. The second kappa shape index (κ2) is 4.81. The predicted molar refractivity (Wildman–Crippen MR) is 62.2 cm³/mol. The molecule has 2 nitrogen and oxygen atoms in total. The molecule has 1 aromatic carbocycles. The van der Waals surface area contributed by atoms with Gasteiger partial charge in [-0.25, -0.2) is 9.37 Å². The molecule has 1 heterocycles. The molecule has 0 spiro atoms. The van der Waals surface area contributed by atoms with Crippen LogP contribution in [0.15, 0.2) is 40.2 Å². The number of hydrogen-bond acceptors (Lipinski definition) is 2. The lowest BCUT2D eigenvalue weighted by atomic mass is 10.2. The second-order valence-corrected chi connectivity index (χ2v) is 4.74. The van der Waals surface area contributed by atoms with Crippen molar-refractivity contribution in [3.63, 3.8) is 0 Å². The van der Waals surface area contributed by atoms with Crippen molar-refractivity contribution in [2.24, 2.45) is 0 Å². The Bertz CT molecular complexity index is 445. The van der Waals surface area contributed by atoms with Crippen LogP contribution in [0.2, 0.25) is 0 Å². The first kappa shape index (κ1) is 10.7. The Morgan fingerprint density at radius 3 is 3.00 bits per heavy atom. The van der Waals surface area contributed by atoms with E-state index in [1.807, 2.05) is 0 Å². The number of rotatable bonds is 3. The highest BCUT2D eigenvalue weighted by molar-refractivity contribution is 9.10. The molecule has 2 aromatic rings. The van der Waals surface area contributed by atoms with E-state index in [1.165, 1.54) is 12.1 Å². The molecule has 15 heavy (non-hydrogen) atoms. The summed E-state index contributed by atoms with van der Waals surface area (Å²) in [5, 5.41) is 0.867.